The first-order valence-electron chi connectivity index (χ1n) is 9.28. The Balaban J connectivity index is 2.21. The Hall–Kier alpha value is -1.76. The average Bonchev–Trinajstić information content (AvgIpc) is 2.90. The summed E-state index contributed by atoms with van der Waals surface area (Å²) in [5.74, 6) is 5.75. The van der Waals surface area contributed by atoms with E-state index in [0.29, 0.717) is 6.42 Å². The molecule has 0 radical (unpaired) electrons. The van der Waals surface area contributed by atoms with Crippen molar-refractivity contribution in [2.24, 2.45) is 0 Å². The molecular formula is C20H31NO3. The first-order chi connectivity index (χ1) is 11.6. The van der Waals surface area contributed by atoms with Gasteiger partial charge in [0.05, 0.1) is 6.04 Å². The number of carboxylic acid groups (broad SMARTS) is 1. The maximum atomic E-state index is 12.0. The summed E-state index contributed by atoms with van der Waals surface area (Å²) >= 11 is 0. The number of carboxylic acids is 1. The maximum Gasteiger partial charge on any atom is 0.303 e. The highest BCUT2D eigenvalue weighted by Crippen LogP contribution is 2.21. The number of carbonyl (C=O) groups is 2. The Morgan fingerprint density at radius 2 is 2.04 bits per heavy atom. The SMILES string of the molecule is CCC#CCCC/C=C/C1CCC(=O)N1CCCCCCC(=O)O. The van der Waals surface area contributed by atoms with Gasteiger partial charge in [-0.2, -0.15) is 0 Å². The Morgan fingerprint density at radius 3 is 2.79 bits per heavy atom. The van der Waals surface area contributed by atoms with Gasteiger partial charge >= 0.3 is 5.97 Å². The van der Waals surface area contributed by atoms with Crippen molar-refractivity contribution in [1.82, 2.24) is 4.90 Å². The molecule has 0 saturated carbocycles. The standard InChI is InChI=1S/C20H31NO3/c1-2-3-4-5-6-7-10-13-18-15-16-19(22)21(18)17-12-9-8-11-14-20(23)24/h10,13,18H,2,5-9,11-12,14-17H2,1H3,(H,23,24)/b13-10+. The first-order valence-corrected chi connectivity index (χ1v) is 9.28. The molecule has 0 aromatic heterocycles. The highest BCUT2D eigenvalue weighted by molar-refractivity contribution is 5.79. The summed E-state index contributed by atoms with van der Waals surface area (Å²) in [7, 11) is 0. The third-order valence-corrected chi connectivity index (χ3v) is 4.25. The van der Waals surface area contributed by atoms with E-state index in [4.69, 9.17) is 5.11 Å². The first kappa shape index (κ1) is 20.3. The number of unbranched alkanes of at least 4 members (excludes halogenated alkanes) is 5. The lowest BCUT2D eigenvalue weighted by Crippen LogP contribution is -2.32. The smallest absolute Gasteiger partial charge is 0.303 e. The summed E-state index contributed by atoms with van der Waals surface area (Å²) in [5.41, 5.74) is 0. The summed E-state index contributed by atoms with van der Waals surface area (Å²) in [6, 6.07) is 0.248. The van der Waals surface area contributed by atoms with Gasteiger partial charge < -0.3 is 10.0 Å². The Morgan fingerprint density at radius 1 is 1.25 bits per heavy atom. The fourth-order valence-corrected chi connectivity index (χ4v) is 2.93. The van der Waals surface area contributed by atoms with Crippen molar-refractivity contribution >= 4 is 11.9 Å². The van der Waals surface area contributed by atoms with Gasteiger partial charge in [-0.15, -0.1) is 11.8 Å². The van der Waals surface area contributed by atoms with Crippen molar-refractivity contribution in [3.05, 3.63) is 12.2 Å². The monoisotopic (exact) mass is 333 g/mol. The van der Waals surface area contributed by atoms with Crippen molar-refractivity contribution in [3.8, 4) is 11.8 Å². The number of nitrogens with zero attached hydrogens (tertiary/aromatic N) is 1. The molecule has 0 bridgehead atoms. The van der Waals surface area contributed by atoms with Crippen molar-refractivity contribution in [1.29, 1.82) is 0 Å². The molecule has 24 heavy (non-hydrogen) atoms. The molecule has 4 heteroatoms. The van der Waals surface area contributed by atoms with Gasteiger partial charge in [0.15, 0.2) is 0 Å². The van der Waals surface area contributed by atoms with E-state index in [1.807, 2.05) is 4.90 Å². The average molecular weight is 333 g/mol. The quantitative estimate of drug-likeness (QED) is 0.351. The van der Waals surface area contributed by atoms with E-state index in [9.17, 15) is 9.59 Å². The van der Waals surface area contributed by atoms with E-state index in [1.165, 1.54) is 0 Å². The number of amides is 1. The molecule has 1 N–H and O–H groups in total. The summed E-state index contributed by atoms with van der Waals surface area (Å²) in [5, 5.41) is 8.61. The van der Waals surface area contributed by atoms with Crippen molar-refractivity contribution in [2.45, 2.75) is 83.6 Å². The number of carbonyl (C=O) groups excluding carboxylic acids is 1. The molecule has 1 unspecified atom stereocenters. The van der Waals surface area contributed by atoms with Crippen LogP contribution >= 0.6 is 0 Å². The summed E-state index contributed by atoms with van der Waals surface area (Å²) in [6.07, 6.45) is 13.8. The molecule has 4 nitrogen and oxygen atoms in total. The van der Waals surface area contributed by atoms with E-state index in [1.54, 1.807) is 0 Å². The van der Waals surface area contributed by atoms with Gasteiger partial charge in [-0.05, 0) is 32.1 Å². The van der Waals surface area contributed by atoms with Crippen LogP contribution in [0.3, 0.4) is 0 Å². The Labute approximate surface area is 146 Å². The molecule has 1 aliphatic heterocycles. The molecule has 134 valence electrons. The molecule has 1 aliphatic rings. The Kier molecular flexibility index (Phi) is 10.7. The minimum atomic E-state index is -0.726. The highest BCUT2D eigenvalue weighted by atomic mass is 16.4. The van der Waals surface area contributed by atoms with Crippen molar-refractivity contribution < 1.29 is 14.7 Å². The molecule has 1 amide bonds. The minimum Gasteiger partial charge on any atom is -0.481 e. The lowest BCUT2D eigenvalue weighted by molar-refractivity contribution is -0.137. The zero-order chi connectivity index (χ0) is 17.6. The van der Waals surface area contributed by atoms with Gasteiger partial charge in [-0.1, -0.05) is 31.9 Å². The lowest BCUT2D eigenvalue weighted by Gasteiger charge is -2.22. The minimum absolute atomic E-state index is 0.247. The predicted octanol–water partition coefficient (Wildman–Crippen LogP) is 4.15. The molecule has 0 aromatic carbocycles. The van der Waals surface area contributed by atoms with Crippen LogP contribution in [0.5, 0.6) is 0 Å². The van der Waals surface area contributed by atoms with Crippen LogP contribution < -0.4 is 0 Å². The molecule has 1 rings (SSSR count). The summed E-state index contributed by atoms with van der Waals surface area (Å²) < 4.78 is 0. The van der Waals surface area contributed by atoms with Crippen LogP contribution in [-0.4, -0.2) is 34.5 Å². The predicted molar refractivity (Wildman–Crippen MR) is 96.5 cm³/mol. The highest BCUT2D eigenvalue weighted by Gasteiger charge is 2.28. The molecule has 1 heterocycles. The van der Waals surface area contributed by atoms with Gasteiger partial charge in [-0.25, -0.2) is 0 Å². The van der Waals surface area contributed by atoms with Crippen LogP contribution in [0.25, 0.3) is 0 Å². The van der Waals surface area contributed by atoms with Gasteiger partial charge in [0, 0.05) is 32.2 Å². The van der Waals surface area contributed by atoms with Gasteiger partial charge in [-0.3, -0.25) is 9.59 Å². The molecule has 0 spiro atoms. The van der Waals surface area contributed by atoms with Crippen LogP contribution in [0, 0.1) is 11.8 Å². The summed E-state index contributed by atoms with van der Waals surface area (Å²) in [4.78, 5) is 24.4. The topological polar surface area (TPSA) is 57.6 Å². The molecule has 1 atom stereocenters. The second kappa shape index (κ2) is 12.6. The van der Waals surface area contributed by atoms with Gasteiger partial charge in [0.1, 0.15) is 0 Å². The van der Waals surface area contributed by atoms with Crippen molar-refractivity contribution in [2.75, 3.05) is 6.54 Å². The zero-order valence-corrected chi connectivity index (χ0v) is 14.9. The third-order valence-electron chi connectivity index (χ3n) is 4.25. The number of aliphatic carboxylic acids is 1. The van der Waals surface area contributed by atoms with Crippen LogP contribution in [0.4, 0.5) is 0 Å². The van der Waals surface area contributed by atoms with Crippen LogP contribution in [-0.2, 0) is 9.59 Å². The summed E-state index contributed by atoms with van der Waals surface area (Å²) in [6.45, 7) is 2.85. The normalized spacial score (nSPS) is 17.3. The van der Waals surface area contributed by atoms with E-state index in [0.717, 1.165) is 64.3 Å². The molecule has 0 aliphatic carbocycles. The molecule has 1 saturated heterocycles. The fourth-order valence-electron chi connectivity index (χ4n) is 2.93. The number of hydrogen-bond donors (Lipinski definition) is 1. The van der Waals surface area contributed by atoms with Gasteiger partial charge in [0.2, 0.25) is 5.91 Å². The largest absolute Gasteiger partial charge is 0.481 e. The molecule has 0 aromatic rings. The fraction of sp³-hybridized carbons (Fsp3) is 0.700. The number of rotatable bonds is 11. The van der Waals surface area contributed by atoms with E-state index < -0.39 is 5.97 Å². The molecule has 1 fully saturated rings. The van der Waals surface area contributed by atoms with Gasteiger partial charge in [0.25, 0.3) is 0 Å². The van der Waals surface area contributed by atoms with Crippen molar-refractivity contribution in [3.63, 3.8) is 0 Å². The van der Waals surface area contributed by atoms with Crippen LogP contribution in [0.1, 0.15) is 77.6 Å². The third kappa shape index (κ3) is 8.76. The lowest BCUT2D eigenvalue weighted by atomic mass is 10.1. The number of allylic oxidation sites excluding steroid dienone is 1. The number of hydrogen-bond acceptors (Lipinski definition) is 2. The molecular weight excluding hydrogens is 302 g/mol. The second-order valence-electron chi connectivity index (χ2n) is 6.28. The van der Waals surface area contributed by atoms with Crippen LogP contribution in [0.2, 0.25) is 0 Å². The maximum absolute atomic E-state index is 12.0. The number of likely N-dealkylation sites (tertiary alicyclic amines) is 1. The van der Waals surface area contributed by atoms with E-state index in [2.05, 4.69) is 30.9 Å². The van der Waals surface area contributed by atoms with E-state index >= 15 is 0 Å². The second-order valence-corrected chi connectivity index (χ2v) is 6.28. The van der Waals surface area contributed by atoms with E-state index in [-0.39, 0.29) is 18.4 Å². The van der Waals surface area contributed by atoms with Crippen LogP contribution in [0.15, 0.2) is 12.2 Å². The Bertz CT molecular complexity index is 473. The zero-order valence-electron chi connectivity index (χ0n) is 14.9.